The number of carbonyl (C=O) groups excluding carboxylic acids is 1. The summed E-state index contributed by atoms with van der Waals surface area (Å²) in [6.07, 6.45) is 0.863. The van der Waals surface area contributed by atoms with Gasteiger partial charge in [-0.15, -0.1) is 0 Å². The van der Waals surface area contributed by atoms with E-state index in [4.69, 9.17) is 9.47 Å². The topological polar surface area (TPSA) is 35.5 Å². The average Bonchev–Trinajstić information content (AvgIpc) is 2.50. The monoisotopic (exact) mass is 298 g/mol. The van der Waals surface area contributed by atoms with Crippen molar-refractivity contribution in [2.75, 3.05) is 13.2 Å². The van der Waals surface area contributed by atoms with E-state index < -0.39 is 4.32 Å². The number of benzene rings is 1. The number of hydrogen-bond donors (Lipinski definition) is 0. The van der Waals surface area contributed by atoms with Crippen LogP contribution in [0.4, 0.5) is 0 Å². The van der Waals surface area contributed by atoms with Crippen molar-refractivity contribution in [2.24, 2.45) is 0 Å². The van der Waals surface area contributed by atoms with E-state index in [-0.39, 0.29) is 5.78 Å². The first-order valence-electron chi connectivity index (χ1n) is 5.62. The third-order valence-corrected chi connectivity index (χ3v) is 2.91. The van der Waals surface area contributed by atoms with Gasteiger partial charge in [-0.3, -0.25) is 4.79 Å². The Hall–Kier alpha value is -1.03. The summed E-state index contributed by atoms with van der Waals surface area (Å²) in [6.45, 7) is 4.95. The fourth-order valence-corrected chi connectivity index (χ4v) is 1.88. The van der Waals surface area contributed by atoms with E-state index in [1.165, 1.54) is 0 Å². The standard InChI is InChI=1S/C13H15BrO3/c1-13(2,14)12(15)9-4-5-10-11(8-9)17-7-3-6-16-10/h4-5,8H,3,6-7H2,1-2H3. The van der Waals surface area contributed by atoms with Crippen molar-refractivity contribution in [2.45, 2.75) is 24.6 Å². The molecule has 1 aliphatic rings. The molecule has 0 saturated heterocycles. The molecule has 2 rings (SSSR count). The smallest absolute Gasteiger partial charge is 0.179 e. The second-order valence-corrected chi connectivity index (χ2v) is 6.50. The van der Waals surface area contributed by atoms with Gasteiger partial charge in [-0.25, -0.2) is 0 Å². The molecule has 0 atom stereocenters. The van der Waals surface area contributed by atoms with Gasteiger partial charge >= 0.3 is 0 Å². The van der Waals surface area contributed by atoms with Crippen LogP contribution in [0, 0.1) is 0 Å². The summed E-state index contributed by atoms with van der Waals surface area (Å²) in [5.41, 5.74) is 0.635. The number of ketones is 1. The van der Waals surface area contributed by atoms with E-state index in [0.29, 0.717) is 30.3 Å². The van der Waals surface area contributed by atoms with Crippen LogP contribution in [0.3, 0.4) is 0 Å². The first-order valence-corrected chi connectivity index (χ1v) is 6.41. The zero-order valence-electron chi connectivity index (χ0n) is 9.96. The quantitative estimate of drug-likeness (QED) is 0.621. The van der Waals surface area contributed by atoms with Gasteiger partial charge in [0.2, 0.25) is 0 Å². The lowest BCUT2D eigenvalue weighted by Gasteiger charge is -2.15. The van der Waals surface area contributed by atoms with E-state index in [1.54, 1.807) is 18.2 Å². The molecule has 1 aromatic rings. The Morgan fingerprint density at radius 3 is 2.53 bits per heavy atom. The Morgan fingerprint density at radius 1 is 1.24 bits per heavy atom. The van der Waals surface area contributed by atoms with Crippen molar-refractivity contribution in [1.82, 2.24) is 0 Å². The lowest BCUT2D eigenvalue weighted by molar-refractivity contribution is 0.0960. The van der Waals surface area contributed by atoms with Gasteiger partial charge in [0, 0.05) is 12.0 Å². The minimum absolute atomic E-state index is 0.0353. The van der Waals surface area contributed by atoms with E-state index in [9.17, 15) is 4.79 Å². The molecule has 0 spiro atoms. The molecule has 0 aromatic heterocycles. The van der Waals surface area contributed by atoms with Gasteiger partial charge in [-0.05, 0) is 32.0 Å². The molecule has 92 valence electrons. The summed E-state index contributed by atoms with van der Waals surface area (Å²) in [6, 6.07) is 5.33. The molecule has 0 radical (unpaired) electrons. The first-order chi connectivity index (χ1) is 7.98. The third kappa shape index (κ3) is 2.80. The van der Waals surface area contributed by atoms with Crippen molar-refractivity contribution in [3.05, 3.63) is 23.8 Å². The van der Waals surface area contributed by atoms with Gasteiger partial charge in [0.25, 0.3) is 0 Å². The van der Waals surface area contributed by atoms with Crippen LogP contribution in [0.2, 0.25) is 0 Å². The van der Waals surface area contributed by atoms with Crippen LogP contribution in [0.1, 0.15) is 30.6 Å². The molecule has 1 heterocycles. The molecule has 0 N–H and O–H groups in total. The van der Waals surface area contributed by atoms with E-state index in [0.717, 1.165) is 6.42 Å². The Kier molecular flexibility index (Phi) is 3.43. The zero-order chi connectivity index (χ0) is 12.5. The van der Waals surface area contributed by atoms with E-state index in [2.05, 4.69) is 15.9 Å². The highest BCUT2D eigenvalue weighted by Gasteiger charge is 2.26. The molecule has 3 nitrogen and oxygen atoms in total. The van der Waals surface area contributed by atoms with E-state index >= 15 is 0 Å². The van der Waals surface area contributed by atoms with Crippen LogP contribution in [-0.4, -0.2) is 23.3 Å². The highest BCUT2D eigenvalue weighted by molar-refractivity contribution is 9.10. The Bertz CT molecular complexity index is 435. The predicted molar refractivity (Wildman–Crippen MR) is 69.4 cm³/mol. The number of rotatable bonds is 2. The molecular weight excluding hydrogens is 284 g/mol. The van der Waals surface area contributed by atoms with Crippen molar-refractivity contribution in [3.63, 3.8) is 0 Å². The highest BCUT2D eigenvalue weighted by atomic mass is 79.9. The largest absolute Gasteiger partial charge is 0.490 e. The maximum absolute atomic E-state index is 12.1. The number of Topliss-reactive ketones (excluding diaryl/α,β-unsaturated/α-hetero) is 1. The summed E-state index contributed by atoms with van der Waals surface area (Å²) in [4.78, 5) is 12.1. The van der Waals surface area contributed by atoms with Gasteiger partial charge < -0.3 is 9.47 Å². The number of carbonyl (C=O) groups is 1. The van der Waals surface area contributed by atoms with Crippen LogP contribution in [-0.2, 0) is 0 Å². The van der Waals surface area contributed by atoms with Crippen LogP contribution in [0.25, 0.3) is 0 Å². The van der Waals surface area contributed by atoms with E-state index in [1.807, 2.05) is 13.8 Å². The molecule has 1 aromatic carbocycles. The Labute approximate surface area is 109 Å². The van der Waals surface area contributed by atoms with Crippen molar-refractivity contribution < 1.29 is 14.3 Å². The third-order valence-electron chi connectivity index (χ3n) is 2.55. The van der Waals surface area contributed by atoms with Crippen LogP contribution < -0.4 is 9.47 Å². The molecule has 0 aliphatic carbocycles. The van der Waals surface area contributed by atoms with Gasteiger partial charge in [-0.2, -0.15) is 0 Å². The van der Waals surface area contributed by atoms with Gasteiger partial charge in [0.15, 0.2) is 17.3 Å². The molecule has 0 fully saturated rings. The normalized spacial score (nSPS) is 15.2. The number of alkyl halides is 1. The maximum Gasteiger partial charge on any atom is 0.179 e. The Balaban J connectivity index is 2.33. The molecule has 1 aliphatic heterocycles. The van der Waals surface area contributed by atoms with Gasteiger partial charge in [0.1, 0.15) is 0 Å². The first kappa shape index (κ1) is 12.4. The van der Waals surface area contributed by atoms with Crippen LogP contribution in [0.5, 0.6) is 11.5 Å². The van der Waals surface area contributed by atoms with Crippen molar-refractivity contribution in [3.8, 4) is 11.5 Å². The molecule has 0 bridgehead atoms. The fourth-order valence-electron chi connectivity index (χ4n) is 1.65. The summed E-state index contributed by atoms with van der Waals surface area (Å²) in [5.74, 6) is 1.41. The lowest BCUT2D eigenvalue weighted by atomic mass is 10.0. The highest BCUT2D eigenvalue weighted by Crippen LogP contribution is 2.32. The average molecular weight is 299 g/mol. The summed E-state index contributed by atoms with van der Waals surface area (Å²) >= 11 is 3.37. The van der Waals surface area contributed by atoms with Crippen molar-refractivity contribution >= 4 is 21.7 Å². The summed E-state index contributed by atoms with van der Waals surface area (Å²) in [5, 5.41) is 0. The molecular formula is C13H15BrO3. The van der Waals surface area contributed by atoms with Crippen LogP contribution in [0.15, 0.2) is 18.2 Å². The summed E-state index contributed by atoms with van der Waals surface area (Å²) < 4.78 is 10.5. The number of hydrogen-bond acceptors (Lipinski definition) is 3. The number of fused-ring (bicyclic) bond motifs is 1. The molecule has 4 heteroatoms. The number of ether oxygens (including phenoxy) is 2. The second-order valence-electron chi connectivity index (χ2n) is 4.51. The second kappa shape index (κ2) is 4.69. The maximum atomic E-state index is 12.1. The van der Waals surface area contributed by atoms with Gasteiger partial charge in [-0.1, -0.05) is 15.9 Å². The minimum Gasteiger partial charge on any atom is -0.490 e. The predicted octanol–water partition coefficient (Wildman–Crippen LogP) is 3.20. The molecule has 0 unspecified atom stereocenters. The molecule has 17 heavy (non-hydrogen) atoms. The molecule has 0 saturated carbocycles. The zero-order valence-corrected chi connectivity index (χ0v) is 11.5. The van der Waals surface area contributed by atoms with Crippen LogP contribution >= 0.6 is 15.9 Å². The Morgan fingerprint density at radius 2 is 1.88 bits per heavy atom. The summed E-state index contributed by atoms with van der Waals surface area (Å²) in [7, 11) is 0. The lowest BCUT2D eigenvalue weighted by Crippen LogP contribution is -2.23. The number of halogens is 1. The SMILES string of the molecule is CC(C)(Br)C(=O)c1ccc2c(c1)OCCCO2. The van der Waals surface area contributed by atoms with Crippen molar-refractivity contribution in [1.29, 1.82) is 0 Å². The minimum atomic E-state index is -0.563. The molecule has 0 amide bonds. The fraction of sp³-hybridized carbons (Fsp3) is 0.462. The van der Waals surface area contributed by atoms with Gasteiger partial charge in [0.05, 0.1) is 17.5 Å².